The first-order valence-electron chi connectivity index (χ1n) is 6.99. The molecule has 1 N–H and O–H groups in total. The summed E-state index contributed by atoms with van der Waals surface area (Å²) in [6.07, 6.45) is 3.49. The van der Waals surface area contributed by atoms with Gasteiger partial charge in [-0.2, -0.15) is 0 Å². The Labute approximate surface area is 113 Å². The van der Waals surface area contributed by atoms with E-state index in [1.54, 1.807) is 0 Å². The number of furan rings is 1. The number of fused-ring (bicyclic) bond motifs is 1. The molecule has 1 aromatic carbocycles. The Kier molecular flexibility index (Phi) is 3.05. The fourth-order valence-electron chi connectivity index (χ4n) is 2.74. The number of rotatable bonds is 4. The minimum Gasteiger partial charge on any atom is -0.451 e. The third-order valence-electron chi connectivity index (χ3n) is 3.95. The van der Waals surface area contributed by atoms with Gasteiger partial charge in [0.15, 0.2) is 5.76 Å². The van der Waals surface area contributed by atoms with E-state index in [0.29, 0.717) is 17.7 Å². The van der Waals surface area contributed by atoms with Crippen molar-refractivity contribution in [3.05, 3.63) is 35.6 Å². The van der Waals surface area contributed by atoms with Crippen LogP contribution >= 0.6 is 0 Å². The van der Waals surface area contributed by atoms with E-state index in [1.165, 1.54) is 12.8 Å². The Morgan fingerprint density at radius 2 is 2.21 bits per heavy atom. The summed E-state index contributed by atoms with van der Waals surface area (Å²) in [4.78, 5) is 12.2. The Hall–Kier alpha value is -1.77. The topological polar surface area (TPSA) is 42.2 Å². The van der Waals surface area contributed by atoms with Crippen molar-refractivity contribution in [2.24, 2.45) is 5.92 Å². The fourth-order valence-corrected chi connectivity index (χ4v) is 2.74. The number of amides is 1. The zero-order valence-electron chi connectivity index (χ0n) is 11.4. The highest BCUT2D eigenvalue weighted by atomic mass is 16.3. The van der Waals surface area contributed by atoms with E-state index in [2.05, 4.69) is 12.2 Å². The van der Waals surface area contributed by atoms with Crippen LogP contribution in [0.4, 0.5) is 0 Å². The number of carbonyl (C=O) groups excluding carboxylic acids is 1. The summed E-state index contributed by atoms with van der Waals surface area (Å²) in [5.41, 5.74) is 1.71. The molecular weight excluding hydrogens is 238 g/mol. The standard InChI is InChI=1S/C16H19NO2/c1-3-6-11-9-13(11)17-16(18)15-10(2)12-7-4-5-8-14(12)19-15/h4-5,7-8,11,13H,3,6,9H2,1-2H3,(H,17,18)/t11-,13-/m0/s1. The van der Waals surface area contributed by atoms with Crippen LogP contribution in [0.3, 0.4) is 0 Å². The molecule has 2 aromatic rings. The van der Waals surface area contributed by atoms with Crippen molar-refractivity contribution < 1.29 is 9.21 Å². The van der Waals surface area contributed by atoms with E-state index >= 15 is 0 Å². The lowest BCUT2D eigenvalue weighted by molar-refractivity contribution is 0.0922. The lowest BCUT2D eigenvalue weighted by atomic mass is 10.1. The molecule has 100 valence electrons. The lowest BCUT2D eigenvalue weighted by Gasteiger charge is -2.02. The molecule has 3 nitrogen and oxygen atoms in total. The normalized spacial score (nSPS) is 21.6. The molecule has 1 aliphatic carbocycles. The minimum atomic E-state index is -0.0719. The Morgan fingerprint density at radius 1 is 1.42 bits per heavy atom. The smallest absolute Gasteiger partial charge is 0.287 e. The number of hydrogen-bond donors (Lipinski definition) is 1. The SMILES string of the molecule is CCC[C@H]1C[C@@H]1NC(=O)c1oc2ccccc2c1C. The second-order valence-electron chi connectivity index (χ2n) is 5.42. The van der Waals surface area contributed by atoms with Gasteiger partial charge in [-0.3, -0.25) is 4.79 Å². The van der Waals surface area contributed by atoms with Crippen LogP contribution in [0, 0.1) is 12.8 Å². The van der Waals surface area contributed by atoms with Crippen molar-refractivity contribution in [2.75, 3.05) is 0 Å². The number of hydrogen-bond acceptors (Lipinski definition) is 2. The summed E-state index contributed by atoms with van der Waals surface area (Å²) in [7, 11) is 0. The fraction of sp³-hybridized carbons (Fsp3) is 0.438. The highest BCUT2D eigenvalue weighted by Crippen LogP contribution is 2.35. The molecule has 0 aliphatic heterocycles. The zero-order valence-corrected chi connectivity index (χ0v) is 11.4. The number of aryl methyl sites for hydroxylation is 1. The second-order valence-corrected chi connectivity index (χ2v) is 5.42. The maximum absolute atomic E-state index is 12.2. The van der Waals surface area contributed by atoms with Crippen molar-refractivity contribution in [3.63, 3.8) is 0 Å². The van der Waals surface area contributed by atoms with E-state index in [0.717, 1.165) is 23.0 Å². The summed E-state index contributed by atoms with van der Waals surface area (Å²) < 4.78 is 5.67. The molecule has 0 bridgehead atoms. The molecule has 3 rings (SSSR count). The zero-order chi connectivity index (χ0) is 13.4. The molecule has 1 fully saturated rings. The van der Waals surface area contributed by atoms with Crippen molar-refractivity contribution in [2.45, 2.75) is 39.2 Å². The average Bonchev–Trinajstić information content (AvgIpc) is 3.04. The Morgan fingerprint density at radius 3 is 2.95 bits per heavy atom. The Balaban J connectivity index is 1.77. The molecule has 0 spiro atoms. The number of para-hydroxylation sites is 1. The molecule has 1 amide bonds. The molecular formula is C16H19NO2. The molecule has 0 radical (unpaired) electrons. The van der Waals surface area contributed by atoms with Gasteiger partial charge in [-0.05, 0) is 31.7 Å². The first-order chi connectivity index (χ1) is 9.20. The number of benzene rings is 1. The van der Waals surface area contributed by atoms with Gasteiger partial charge in [0.1, 0.15) is 5.58 Å². The summed E-state index contributed by atoms with van der Waals surface area (Å²) in [6.45, 7) is 4.12. The first-order valence-corrected chi connectivity index (χ1v) is 6.99. The van der Waals surface area contributed by atoms with Crippen LogP contribution in [0.25, 0.3) is 11.0 Å². The van der Waals surface area contributed by atoms with Crippen LogP contribution in [0.15, 0.2) is 28.7 Å². The highest BCUT2D eigenvalue weighted by molar-refractivity contribution is 5.99. The van der Waals surface area contributed by atoms with Crippen molar-refractivity contribution in [1.82, 2.24) is 5.32 Å². The monoisotopic (exact) mass is 257 g/mol. The molecule has 3 heteroatoms. The quantitative estimate of drug-likeness (QED) is 0.908. The van der Waals surface area contributed by atoms with Crippen LogP contribution in [0.1, 0.15) is 42.3 Å². The molecule has 1 aliphatic rings. The highest BCUT2D eigenvalue weighted by Gasteiger charge is 2.38. The van der Waals surface area contributed by atoms with E-state index in [1.807, 2.05) is 31.2 Å². The second kappa shape index (κ2) is 4.72. The third-order valence-corrected chi connectivity index (χ3v) is 3.95. The van der Waals surface area contributed by atoms with Crippen molar-refractivity contribution in [3.8, 4) is 0 Å². The molecule has 1 heterocycles. The van der Waals surface area contributed by atoms with Crippen LogP contribution in [-0.4, -0.2) is 11.9 Å². The summed E-state index contributed by atoms with van der Waals surface area (Å²) in [5, 5.41) is 4.10. The number of carbonyl (C=O) groups is 1. The van der Waals surface area contributed by atoms with Crippen LogP contribution < -0.4 is 5.32 Å². The van der Waals surface area contributed by atoms with E-state index in [-0.39, 0.29) is 5.91 Å². The third kappa shape index (κ3) is 2.25. The summed E-state index contributed by atoms with van der Waals surface area (Å²) >= 11 is 0. The largest absolute Gasteiger partial charge is 0.451 e. The van der Waals surface area contributed by atoms with Gasteiger partial charge in [-0.15, -0.1) is 0 Å². The van der Waals surface area contributed by atoms with Crippen LogP contribution in [0.5, 0.6) is 0 Å². The van der Waals surface area contributed by atoms with Crippen molar-refractivity contribution in [1.29, 1.82) is 0 Å². The maximum atomic E-state index is 12.2. The Bertz CT molecular complexity index is 614. The van der Waals surface area contributed by atoms with Gasteiger partial charge >= 0.3 is 0 Å². The summed E-state index contributed by atoms with van der Waals surface area (Å²) in [6, 6.07) is 8.12. The minimum absolute atomic E-state index is 0.0719. The number of nitrogens with one attached hydrogen (secondary N) is 1. The molecule has 0 unspecified atom stereocenters. The van der Waals surface area contributed by atoms with E-state index < -0.39 is 0 Å². The van der Waals surface area contributed by atoms with Gasteiger partial charge in [0.2, 0.25) is 0 Å². The predicted octanol–water partition coefficient (Wildman–Crippen LogP) is 3.66. The van der Waals surface area contributed by atoms with Gasteiger partial charge in [0.05, 0.1) is 0 Å². The van der Waals surface area contributed by atoms with Crippen molar-refractivity contribution >= 4 is 16.9 Å². The predicted molar refractivity (Wildman–Crippen MR) is 75.2 cm³/mol. The first kappa shape index (κ1) is 12.3. The van der Waals surface area contributed by atoms with Gasteiger partial charge in [-0.1, -0.05) is 31.5 Å². The molecule has 0 saturated heterocycles. The van der Waals surface area contributed by atoms with Gasteiger partial charge in [-0.25, -0.2) is 0 Å². The van der Waals surface area contributed by atoms with Gasteiger partial charge < -0.3 is 9.73 Å². The molecule has 1 aromatic heterocycles. The molecule has 19 heavy (non-hydrogen) atoms. The lowest BCUT2D eigenvalue weighted by Crippen LogP contribution is -2.27. The molecule has 2 atom stereocenters. The van der Waals surface area contributed by atoms with Crippen LogP contribution in [0.2, 0.25) is 0 Å². The van der Waals surface area contributed by atoms with Crippen LogP contribution in [-0.2, 0) is 0 Å². The maximum Gasteiger partial charge on any atom is 0.287 e. The van der Waals surface area contributed by atoms with E-state index in [9.17, 15) is 4.79 Å². The van der Waals surface area contributed by atoms with Gasteiger partial charge in [0.25, 0.3) is 5.91 Å². The van der Waals surface area contributed by atoms with Gasteiger partial charge in [0, 0.05) is 17.0 Å². The van der Waals surface area contributed by atoms with E-state index in [4.69, 9.17) is 4.42 Å². The average molecular weight is 257 g/mol. The summed E-state index contributed by atoms with van der Waals surface area (Å²) in [5.74, 6) is 1.05. The molecule has 1 saturated carbocycles.